The van der Waals surface area contributed by atoms with Crippen LogP contribution < -0.4 is 0 Å². The van der Waals surface area contributed by atoms with E-state index in [1.807, 2.05) is 41.5 Å². The normalized spacial score (nSPS) is 17.5. The van der Waals surface area contributed by atoms with Crippen molar-refractivity contribution in [1.82, 2.24) is 9.88 Å². The van der Waals surface area contributed by atoms with Crippen molar-refractivity contribution >= 4 is 23.2 Å². The lowest BCUT2D eigenvalue weighted by molar-refractivity contribution is -0.137. The van der Waals surface area contributed by atoms with Crippen molar-refractivity contribution in [3.8, 4) is 10.6 Å². The molecule has 1 amide bonds. The van der Waals surface area contributed by atoms with E-state index < -0.39 is 5.97 Å². The second kappa shape index (κ2) is 7.78. The summed E-state index contributed by atoms with van der Waals surface area (Å²) in [5.41, 5.74) is 2.61. The van der Waals surface area contributed by atoms with Crippen molar-refractivity contribution in [3.05, 3.63) is 40.9 Å². The van der Waals surface area contributed by atoms with E-state index in [0.717, 1.165) is 35.7 Å². The number of aromatic nitrogens is 1. The molecule has 1 atom stereocenters. The van der Waals surface area contributed by atoms with Crippen molar-refractivity contribution in [2.24, 2.45) is 5.92 Å². The first kappa shape index (κ1) is 17.6. The van der Waals surface area contributed by atoms with E-state index in [4.69, 9.17) is 5.11 Å². The van der Waals surface area contributed by atoms with Gasteiger partial charge in [0.15, 0.2) is 0 Å². The lowest BCUT2D eigenvalue weighted by atomic mass is 9.93. The zero-order chi connectivity index (χ0) is 17.8. The van der Waals surface area contributed by atoms with Crippen molar-refractivity contribution in [1.29, 1.82) is 0 Å². The first-order valence-corrected chi connectivity index (χ1v) is 9.44. The van der Waals surface area contributed by atoms with Crippen LogP contribution in [0.15, 0.2) is 29.6 Å². The summed E-state index contributed by atoms with van der Waals surface area (Å²) in [6.45, 7) is 3.34. The van der Waals surface area contributed by atoms with Crippen LogP contribution in [0.5, 0.6) is 0 Å². The molecule has 2 aromatic rings. The van der Waals surface area contributed by atoms with E-state index in [2.05, 4.69) is 4.98 Å². The van der Waals surface area contributed by atoms with Crippen LogP contribution >= 0.6 is 11.3 Å². The molecule has 2 heterocycles. The molecule has 1 aromatic carbocycles. The lowest BCUT2D eigenvalue weighted by Gasteiger charge is -2.32. The van der Waals surface area contributed by atoms with Gasteiger partial charge in [0.25, 0.3) is 5.91 Å². The molecule has 1 saturated heterocycles. The Balaban J connectivity index is 1.71. The minimum absolute atomic E-state index is 0.0233. The number of carboxylic acid groups (broad SMARTS) is 1. The number of aryl methyl sites for hydroxylation is 1. The van der Waals surface area contributed by atoms with Gasteiger partial charge in [-0.1, -0.05) is 12.1 Å². The Morgan fingerprint density at radius 3 is 2.96 bits per heavy atom. The fraction of sp³-hybridized carbons (Fsp3) is 0.421. The molecular weight excluding hydrogens is 336 g/mol. The van der Waals surface area contributed by atoms with Crippen LogP contribution in [0, 0.1) is 12.8 Å². The summed E-state index contributed by atoms with van der Waals surface area (Å²) in [4.78, 5) is 30.0. The van der Waals surface area contributed by atoms with Gasteiger partial charge in [-0.25, -0.2) is 4.98 Å². The number of amides is 1. The molecule has 1 aliphatic rings. The quantitative estimate of drug-likeness (QED) is 0.882. The fourth-order valence-corrected chi connectivity index (χ4v) is 4.06. The second-order valence-electron chi connectivity index (χ2n) is 6.57. The number of nitrogens with zero attached hydrogens (tertiary/aromatic N) is 2. The van der Waals surface area contributed by atoms with Crippen molar-refractivity contribution in [2.45, 2.75) is 32.6 Å². The van der Waals surface area contributed by atoms with Crippen LogP contribution in [-0.2, 0) is 4.79 Å². The third kappa shape index (κ3) is 4.45. The number of carboxylic acids is 1. The zero-order valence-electron chi connectivity index (χ0n) is 14.3. The SMILES string of the molecule is Cc1csc(-c2cccc(C(=O)N3CCC[C@H](CCC(=O)O)C3)c2)n1. The molecule has 0 aliphatic carbocycles. The number of carbonyl (C=O) groups excluding carboxylic acids is 1. The van der Waals surface area contributed by atoms with E-state index >= 15 is 0 Å². The average molecular weight is 358 g/mol. The third-order valence-electron chi connectivity index (χ3n) is 4.55. The molecule has 3 rings (SSSR count). The van der Waals surface area contributed by atoms with Crippen LogP contribution in [-0.4, -0.2) is 40.0 Å². The summed E-state index contributed by atoms with van der Waals surface area (Å²) in [6, 6.07) is 7.61. The van der Waals surface area contributed by atoms with Gasteiger partial charge in [-0.3, -0.25) is 9.59 Å². The maximum atomic E-state index is 12.9. The van der Waals surface area contributed by atoms with Crippen LogP contribution in [0.1, 0.15) is 41.7 Å². The molecule has 1 fully saturated rings. The number of aliphatic carboxylic acids is 1. The fourth-order valence-electron chi connectivity index (χ4n) is 3.27. The Hall–Kier alpha value is -2.21. The summed E-state index contributed by atoms with van der Waals surface area (Å²) >= 11 is 1.58. The van der Waals surface area contributed by atoms with Crippen LogP contribution in [0.25, 0.3) is 10.6 Å². The Morgan fingerprint density at radius 1 is 1.40 bits per heavy atom. The van der Waals surface area contributed by atoms with Gasteiger partial charge in [0.1, 0.15) is 5.01 Å². The molecular formula is C19H22N2O3S. The second-order valence-corrected chi connectivity index (χ2v) is 7.42. The maximum Gasteiger partial charge on any atom is 0.303 e. The Kier molecular flexibility index (Phi) is 5.48. The molecule has 1 aromatic heterocycles. The molecule has 1 aliphatic heterocycles. The van der Waals surface area contributed by atoms with Crippen molar-refractivity contribution < 1.29 is 14.7 Å². The van der Waals surface area contributed by atoms with Crippen LogP contribution in [0.2, 0.25) is 0 Å². The highest BCUT2D eigenvalue weighted by atomic mass is 32.1. The topological polar surface area (TPSA) is 70.5 Å². The molecule has 5 nitrogen and oxygen atoms in total. The summed E-state index contributed by atoms with van der Waals surface area (Å²) in [6.07, 6.45) is 2.74. The maximum absolute atomic E-state index is 12.9. The number of carbonyl (C=O) groups is 2. The highest BCUT2D eigenvalue weighted by molar-refractivity contribution is 7.13. The molecule has 132 valence electrons. The first-order valence-electron chi connectivity index (χ1n) is 8.56. The zero-order valence-corrected chi connectivity index (χ0v) is 15.1. The highest BCUT2D eigenvalue weighted by Crippen LogP contribution is 2.26. The average Bonchev–Trinajstić information content (AvgIpc) is 3.06. The summed E-state index contributed by atoms with van der Waals surface area (Å²) in [7, 11) is 0. The van der Waals surface area contributed by atoms with E-state index in [-0.39, 0.29) is 18.2 Å². The lowest BCUT2D eigenvalue weighted by Crippen LogP contribution is -2.40. The van der Waals surface area contributed by atoms with Gasteiger partial charge in [-0.15, -0.1) is 11.3 Å². The highest BCUT2D eigenvalue weighted by Gasteiger charge is 2.25. The molecule has 0 bridgehead atoms. The van der Waals surface area contributed by atoms with Gasteiger partial charge in [-0.2, -0.15) is 0 Å². The first-order chi connectivity index (χ1) is 12.0. The summed E-state index contributed by atoms with van der Waals surface area (Å²) in [5, 5.41) is 11.8. The van der Waals surface area contributed by atoms with E-state index in [1.54, 1.807) is 11.3 Å². The number of likely N-dealkylation sites (tertiary alicyclic amines) is 1. The van der Waals surface area contributed by atoms with Gasteiger partial charge >= 0.3 is 5.97 Å². The van der Waals surface area contributed by atoms with E-state index in [1.165, 1.54) is 0 Å². The molecule has 0 saturated carbocycles. The summed E-state index contributed by atoms with van der Waals surface area (Å²) < 4.78 is 0. The van der Waals surface area contributed by atoms with Gasteiger partial charge in [-0.05, 0) is 44.2 Å². The van der Waals surface area contributed by atoms with Crippen molar-refractivity contribution in [2.75, 3.05) is 13.1 Å². The van der Waals surface area contributed by atoms with Gasteiger partial charge in [0.05, 0.1) is 0 Å². The Bertz CT molecular complexity index is 772. The van der Waals surface area contributed by atoms with Crippen molar-refractivity contribution in [3.63, 3.8) is 0 Å². The van der Waals surface area contributed by atoms with Gasteiger partial charge in [0, 0.05) is 41.7 Å². The third-order valence-corrected chi connectivity index (χ3v) is 5.56. The van der Waals surface area contributed by atoms with Crippen LogP contribution in [0.3, 0.4) is 0 Å². The predicted molar refractivity (Wildman–Crippen MR) is 97.8 cm³/mol. The summed E-state index contributed by atoms with van der Waals surface area (Å²) in [5.74, 6) is -0.469. The largest absolute Gasteiger partial charge is 0.481 e. The molecule has 0 radical (unpaired) electrons. The number of piperidine rings is 1. The molecule has 1 N–H and O–H groups in total. The smallest absolute Gasteiger partial charge is 0.303 e. The van der Waals surface area contributed by atoms with E-state index in [0.29, 0.717) is 18.5 Å². The number of thiazole rings is 1. The van der Waals surface area contributed by atoms with E-state index in [9.17, 15) is 9.59 Å². The van der Waals surface area contributed by atoms with Crippen LogP contribution in [0.4, 0.5) is 0 Å². The number of hydrogen-bond donors (Lipinski definition) is 1. The van der Waals surface area contributed by atoms with Gasteiger partial charge in [0.2, 0.25) is 0 Å². The number of hydrogen-bond acceptors (Lipinski definition) is 4. The number of rotatable bonds is 5. The molecule has 6 heteroatoms. The monoisotopic (exact) mass is 358 g/mol. The minimum atomic E-state index is -0.769. The Labute approximate surface area is 151 Å². The van der Waals surface area contributed by atoms with Gasteiger partial charge < -0.3 is 10.0 Å². The standard InChI is InChI=1S/C19H22N2O3S/c1-13-12-25-18(20-13)15-5-2-6-16(10-15)19(24)21-9-3-4-14(11-21)7-8-17(22)23/h2,5-6,10,12,14H,3-4,7-9,11H2,1H3,(H,22,23)/t14-/m1/s1. The molecule has 25 heavy (non-hydrogen) atoms. The predicted octanol–water partition coefficient (Wildman–Crippen LogP) is 3.84. The minimum Gasteiger partial charge on any atom is -0.481 e. The Morgan fingerprint density at radius 2 is 2.24 bits per heavy atom. The molecule has 0 spiro atoms. The number of benzene rings is 1. The molecule has 0 unspecified atom stereocenters.